The molecule has 0 spiro atoms. The summed E-state index contributed by atoms with van der Waals surface area (Å²) < 4.78 is 10.3. The number of carbonyl (C=O) groups excluding carboxylic acids is 1. The van der Waals surface area contributed by atoms with Gasteiger partial charge in [-0.1, -0.05) is 23.2 Å². The van der Waals surface area contributed by atoms with Crippen LogP contribution in [0.1, 0.15) is 25.3 Å². The van der Waals surface area contributed by atoms with Crippen molar-refractivity contribution in [2.45, 2.75) is 19.8 Å². The van der Waals surface area contributed by atoms with Crippen molar-refractivity contribution >= 4 is 34.9 Å². The van der Waals surface area contributed by atoms with Crippen LogP contribution in [0.5, 0.6) is 0 Å². The van der Waals surface area contributed by atoms with E-state index >= 15 is 0 Å². The Morgan fingerprint density at radius 2 is 2.12 bits per heavy atom. The number of nitrogens with two attached hydrogens (primary N) is 1. The lowest BCUT2D eigenvalue weighted by Crippen LogP contribution is -2.25. The molecule has 0 aromatic heterocycles. The summed E-state index contributed by atoms with van der Waals surface area (Å²) in [6.07, 6.45) is 0. The highest BCUT2D eigenvalue weighted by Gasteiger charge is 2.38. The SMILES string of the molecule is CCOC(=O)C1=C(C)OC(N)=C(C#N)C1c1cc([N+](=O)[O-])c(Cl)cc1Cl. The Kier molecular flexibility index (Phi) is 5.75. The van der Waals surface area contributed by atoms with Gasteiger partial charge < -0.3 is 15.2 Å². The largest absolute Gasteiger partial charge is 0.463 e. The van der Waals surface area contributed by atoms with Crippen LogP contribution < -0.4 is 5.73 Å². The van der Waals surface area contributed by atoms with Crippen LogP contribution in [0, 0.1) is 21.4 Å². The van der Waals surface area contributed by atoms with E-state index in [2.05, 4.69) is 0 Å². The molecule has 0 fully saturated rings. The molecule has 1 heterocycles. The van der Waals surface area contributed by atoms with E-state index in [0.717, 1.165) is 6.07 Å². The molecule has 136 valence electrons. The molecule has 1 aliphatic heterocycles. The zero-order chi connectivity index (χ0) is 19.6. The van der Waals surface area contributed by atoms with Gasteiger partial charge in [-0.2, -0.15) is 5.26 Å². The van der Waals surface area contributed by atoms with Gasteiger partial charge in [0, 0.05) is 11.1 Å². The quantitative estimate of drug-likeness (QED) is 0.467. The van der Waals surface area contributed by atoms with E-state index in [-0.39, 0.29) is 45.0 Å². The standard InChI is InChI=1S/C16H13Cl2N3O5/c1-3-25-16(22)13-7(2)26-15(20)9(6-19)14(13)8-4-12(21(23)24)11(18)5-10(8)17/h4-5,14H,3,20H2,1-2H3. The number of hydrogen-bond acceptors (Lipinski definition) is 7. The molecular weight excluding hydrogens is 385 g/mol. The number of rotatable bonds is 4. The number of esters is 1. The zero-order valence-corrected chi connectivity index (χ0v) is 15.2. The van der Waals surface area contributed by atoms with E-state index in [1.165, 1.54) is 13.0 Å². The first kappa shape index (κ1) is 19.6. The summed E-state index contributed by atoms with van der Waals surface area (Å²) in [7, 11) is 0. The topological polar surface area (TPSA) is 128 Å². The number of nitro groups is 1. The van der Waals surface area contributed by atoms with Gasteiger partial charge in [-0.15, -0.1) is 0 Å². The van der Waals surface area contributed by atoms with Gasteiger partial charge >= 0.3 is 5.97 Å². The Morgan fingerprint density at radius 3 is 2.65 bits per heavy atom. The van der Waals surface area contributed by atoms with E-state index < -0.39 is 22.5 Å². The van der Waals surface area contributed by atoms with Gasteiger partial charge in [0.05, 0.1) is 23.0 Å². The maximum Gasteiger partial charge on any atom is 0.338 e. The molecule has 0 saturated carbocycles. The Morgan fingerprint density at radius 1 is 1.46 bits per heavy atom. The lowest BCUT2D eigenvalue weighted by molar-refractivity contribution is -0.384. The highest BCUT2D eigenvalue weighted by Crippen LogP contribution is 2.44. The lowest BCUT2D eigenvalue weighted by atomic mass is 9.83. The molecule has 10 heteroatoms. The predicted molar refractivity (Wildman–Crippen MR) is 93.1 cm³/mol. The minimum absolute atomic E-state index is 0.0175. The van der Waals surface area contributed by atoms with Crippen LogP contribution in [0.3, 0.4) is 0 Å². The van der Waals surface area contributed by atoms with E-state index in [1.807, 2.05) is 6.07 Å². The first-order valence-electron chi connectivity index (χ1n) is 7.31. The van der Waals surface area contributed by atoms with Crippen molar-refractivity contribution in [2.24, 2.45) is 5.73 Å². The van der Waals surface area contributed by atoms with Crippen LogP contribution in [-0.2, 0) is 14.3 Å². The molecule has 0 saturated heterocycles. The van der Waals surface area contributed by atoms with Gasteiger partial charge in [-0.25, -0.2) is 4.79 Å². The Balaban J connectivity index is 2.78. The Bertz CT molecular complexity index is 902. The van der Waals surface area contributed by atoms with Crippen LogP contribution in [0.4, 0.5) is 5.69 Å². The number of carbonyl (C=O) groups is 1. The van der Waals surface area contributed by atoms with Gasteiger partial charge in [-0.05, 0) is 25.5 Å². The second-order valence-corrected chi connectivity index (χ2v) is 6.01. The molecule has 1 aliphatic rings. The van der Waals surface area contributed by atoms with E-state index in [1.54, 1.807) is 6.92 Å². The summed E-state index contributed by atoms with van der Waals surface area (Å²) in [5.41, 5.74) is 5.33. The first-order chi connectivity index (χ1) is 12.2. The highest BCUT2D eigenvalue weighted by molar-refractivity contribution is 6.36. The Hall–Kier alpha value is -2.76. The minimum Gasteiger partial charge on any atom is -0.463 e. The molecule has 26 heavy (non-hydrogen) atoms. The van der Waals surface area contributed by atoms with Crippen LogP contribution >= 0.6 is 23.2 Å². The van der Waals surface area contributed by atoms with Crippen molar-refractivity contribution < 1.29 is 19.2 Å². The fraction of sp³-hybridized carbons (Fsp3) is 0.250. The van der Waals surface area contributed by atoms with Crippen LogP contribution in [0.2, 0.25) is 10.0 Å². The van der Waals surface area contributed by atoms with Crippen molar-refractivity contribution in [1.29, 1.82) is 5.26 Å². The normalized spacial score (nSPS) is 16.8. The van der Waals surface area contributed by atoms with Crippen molar-refractivity contribution in [1.82, 2.24) is 0 Å². The number of benzene rings is 1. The molecule has 2 rings (SSSR count). The summed E-state index contributed by atoms with van der Waals surface area (Å²) in [5.74, 6) is -1.95. The molecular formula is C16H13Cl2N3O5. The van der Waals surface area contributed by atoms with Crippen molar-refractivity contribution in [3.05, 3.63) is 60.6 Å². The number of nitriles is 1. The van der Waals surface area contributed by atoms with Gasteiger partial charge in [-0.3, -0.25) is 10.1 Å². The van der Waals surface area contributed by atoms with Crippen LogP contribution in [-0.4, -0.2) is 17.5 Å². The van der Waals surface area contributed by atoms with Crippen molar-refractivity contribution in [2.75, 3.05) is 6.61 Å². The molecule has 1 unspecified atom stereocenters. The van der Waals surface area contributed by atoms with Gasteiger partial charge in [0.1, 0.15) is 22.4 Å². The average molecular weight is 398 g/mol. The van der Waals surface area contributed by atoms with E-state index in [9.17, 15) is 20.2 Å². The molecule has 2 N–H and O–H groups in total. The minimum atomic E-state index is -1.09. The van der Waals surface area contributed by atoms with Gasteiger partial charge in [0.2, 0.25) is 5.88 Å². The average Bonchev–Trinajstić information content (AvgIpc) is 2.54. The molecule has 1 aromatic carbocycles. The number of hydrogen-bond donors (Lipinski definition) is 1. The van der Waals surface area contributed by atoms with Crippen LogP contribution in [0.15, 0.2) is 34.9 Å². The van der Waals surface area contributed by atoms with Crippen molar-refractivity contribution in [3.8, 4) is 6.07 Å². The second-order valence-electron chi connectivity index (χ2n) is 5.20. The number of nitrogens with zero attached hydrogens (tertiary/aromatic N) is 2. The third-order valence-electron chi connectivity index (χ3n) is 3.67. The molecule has 0 radical (unpaired) electrons. The number of nitro benzene ring substituents is 1. The lowest BCUT2D eigenvalue weighted by Gasteiger charge is -2.27. The fourth-order valence-electron chi connectivity index (χ4n) is 2.58. The maximum atomic E-state index is 12.4. The third-order valence-corrected chi connectivity index (χ3v) is 4.30. The molecule has 0 aliphatic carbocycles. The molecule has 0 amide bonds. The summed E-state index contributed by atoms with van der Waals surface area (Å²) in [6, 6.07) is 4.15. The monoisotopic (exact) mass is 397 g/mol. The van der Waals surface area contributed by atoms with E-state index in [0.29, 0.717) is 0 Å². The highest BCUT2D eigenvalue weighted by atomic mass is 35.5. The third kappa shape index (κ3) is 3.45. The van der Waals surface area contributed by atoms with Crippen molar-refractivity contribution in [3.63, 3.8) is 0 Å². The summed E-state index contributed by atoms with van der Waals surface area (Å²) in [4.78, 5) is 22.9. The van der Waals surface area contributed by atoms with Gasteiger partial charge in [0.15, 0.2) is 0 Å². The number of allylic oxidation sites excluding steroid dienone is 2. The fourth-order valence-corrected chi connectivity index (χ4v) is 3.14. The second kappa shape index (κ2) is 7.64. The summed E-state index contributed by atoms with van der Waals surface area (Å²) >= 11 is 12.1. The molecule has 1 aromatic rings. The molecule has 0 bridgehead atoms. The summed E-state index contributed by atoms with van der Waals surface area (Å²) in [6.45, 7) is 3.17. The number of halogens is 2. The molecule has 1 atom stereocenters. The maximum absolute atomic E-state index is 12.4. The van der Waals surface area contributed by atoms with E-state index in [4.69, 9.17) is 38.4 Å². The Labute approximate surface area is 158 Å². The summed E-state index contributed by atoms with van der Waals surface area (Å²) in [5, 5.41) is 20.6. The van der Waals surface area contributed by atoms with Gasteiger partial charge in [0.25, 0.3) is 5.69 Å². The number of ether oxygens (including phenoxy) is 2. The molecule has 8 nitrogen and oxygen atoms in total. The first-order valence-corrected chi connectivity index (χ1v) is 8.07. The zero-order valence-electron chi connectivity index (χ0n) is 13.7. The smallest absolute Gasteiger partial charge is 0.338 e. The predicted octanol–water partition coefficient (Wildman–Crippen LogP) is 3.55. The van der Waals surface area contributed by atoms with Crippen LogP contribution in [0.25, 0.3) is 0 Å².